The van der Waals surface area contributed by atoms with Crippen molar-refractivity contribution in [1.29, 1.82) is 0 Å². The maximum absolute atomic E-state index is 13.6. The number of rotatable bonds is 4. The fourth-order valence-corrected chi connectivity index (χ4v) is 2.76. The molecular formula is C11H13BrFNO4S. The Balaban J connectivity index is 3.18. The third kappa shape index (κ3) is 4.26. The topological polar surface area (TPSA) is 86.5 Å². The standard InChI is InChI=1S/C11H13BrFNO4S/c1-6(2)5-18-11(15)7-3-8(13)10(12)9(4-7)19(14,16)17/h3-4,6H,5H2,1-2H3,(H2,14,16,17). The van der Waals surface area contributed by atoms with Crippen molar-refractivity contribution in [2.75, 3.05) is 6.61 Å². The number of ether oxygens (including phenoxy) is 1. The van der Waals surface area contributed by atoms with Gasteiger partial charge >= 0.3 is 5.97 Å². The monoisotopic (exact) mass is 353 g/mol. The molecule has 0 aliphatic carbocycles. The van der Waals surface area contributed by atoms with E-state index in [0.29, 0.717) is 0 Å². The van der Waals surface area contributed by atoms with Crippen LogP contribution in [0.1, 0.15) is 24.2 Å². The van der Waals surface area contributed by atoms with E-state index in [1.807, 2.05) is 13.8 Å². The van der Waals surface area contributed by atoms with E-state index in [2.05, 4.69) is 15.9 Å². The Labute approximate surface area is 119 Å². The van der Waals surface area contributed by atoms with Crippen LogP contribution in [0.3, 0.4) is 0 Å². The molecule has 1 rings (SSSR count). The van der Waals surface area contributed by atoms with Crippen molar-refractivity contribution in [2.45, 2.75) is 18.7 Å². The average Bonchev–Trinajstić information content (AvgIpc) is 2.27. The van der Waals surface area contributed by atoms with Gasteiger partial charge in [0.15, 0.2) is 0 Å². The van der Waals surface area contributed by atoms with Crippen LogP contribution in [0.5, 0.6) is 0 Å². The summed E-state index contributed by atoms with van der Waals surface area (Å²) in [7, 11) is -4.14. The van der Waals surface area contributed by atoms with Gasteiger partial charge in [-0.1, -0.05) is 13.8 Å². The zero-order valence-electron chi connectivity index (χ0n) is 10.3. The van der Waals surface area contributed by atoms with E-state index < -0.39 is 26.7 Å². The van der Waals surface area contributed by atoms with Crippen LogP contribution in [0, 0.1) is 11.7 Å². The largest absolute Gasteiger partial charge is 0.462 e. The molecule has 0 saturated heterocycles. The predicted octanol–water partition coefficient (Wildman–Crippen LogP) is 2.05. The van der Waals surface area contributed by atoms with Gasteiger partial charge in [0.2, 0.25) is 10.0 Å². The van der Waals surface area contributed by atoms with Gasteiger partial charge in [-0.15, -0.1) is 0 Å². The van der Waals surface area contributed by atoms with Crippen LogP contribution in [-0.4, -0.2) is 21.0 Å². The molecule has 1 aromatic carbocycles. The van der Waals surface area contributed by atoms with Crippen LogP contribution in [0.4, 0.5) is 4.39 Å². The number of hydrogen-bond donors (Lipinski definition) is 1. The third-order valence-electron chi connectivity index (χ3n) is 2.08. The SMILES string of the molecule is CC(C)COC(=O)c1cc(F)c(Br)c(S(N)(=O)=O)c1. The van der Waals surface area contributed by atoms with Crippen molar-refractivity contribution >= 4 is 31.9 Å². The summed E-state index contributed by atoms with van der Waals surface area (Å²) in [6, 6.07) is 1.87. The fraction of sp³-hybridized carbons (Fsp3) is 0.364. The number of halogens is 2. The molecular weight excluding hydrogens is 341 g/mol. The quantitative estimate of drug-likeness (QED) is 0.839. The molecule has 8 heteroatoms. The molecule has 0 radical (unpaired) electrons. The van der Waals surface area contributed by atoms with Gasteiger partial charge < -0.3 is 4.74 Å². The summed E-state index contributed by atoms with van der Waals surface area (Å²) in [4.78, 5) is 11.2. The molecule has 0 aliphatic rings. The molecule has 0 atom stereocenters. The first-order valence-electron chi connectivity index (χ1n) is 5.32. The first-order chi connectivity index (χ1) is 8.62. The number of carbonyl (C=O) groups is 1. The lowest BCUT2D eigenvalue weighted by atomic mass is 10.2. The minimum atomic E-state index is -4.14. The van der Waals surface area contributed by atoms with E-state index in [-0.39, 0.29) is 22.6 Å². The lowest BCUT2D eigenvalue weighted by molar-refractivity contribution is 0.0458. The van der Waals surface area contributed by atoms with Crippen LogP contribution in [0.25, 0.3) is 0 Å². The Morgan fingerprint density at radius 2 is 2.05 bits per heavy atom. The zero-order valence-corrected chi connectivity index (χ0v) is 12.7. The van der Waals surface area contributed by atoms with Crippen molar-refractivity contribution in [2.24, 2.45) is 11.1 Å². The molecule has 0 spiro atoms. The lowest BCUT2D eigenvalue weighted by Gasteiger charge is -2.09. The van der Waals surface area contributed by atoms with Crippen molar-refractivity contribution in [3.8, 4) is 0 Å². The van der Waals surface area contributed by atoms with Gasteiger partial charge in [0, 0.05) is 0 Å². The van der Waals surface area contributed by atoms with E-state index in [1.165, 1.54) is 0 Å². The van der Waals surface area contributed by atoms with Crippen molar-refractivity contribution in [1.82, 2.24) is 0 Å². The molecule has 2 N–H and O–H groups in total. The van der Waals surface area contributed by atoms with Gasteiger partial charge in [0.05, 0.1) is 21.5 Å². The molecule has 0 aliphatic heterocycles. The summed E-state index contributed by atoms with van der Waals surface area (Å²) < 4.78 is 40.7. The van der Waals surface area contributed by atoms with Crippen molar-refractivity contribution < 1.29 is 22.3 Å². The van der Waals surface area contributed by atoms with Crippen LogP contribution >= 0.6 is 15.9 Å². The van der Waals surface area contributed by atoms with Gasteiger partial charge in [0.1, 0.15) is 5.82 Å². The highest BCUT2D eigenvalue weighted by Gasteiger charge is 2.20. The smallest absolute Gasteiger partial charge is 0.338 e. The molecule has 0 saturated carbocycles. The molecule has 1 aromatic rings. The third-order valence-corrected chi connectivity index (χ3v) is 4.09. The number of hydrogen-bond acceptors (Lipinski definition) is 4. The summed E-state index contributed by atoms with van der Waals surface area (Å²) in [5, 5.41) is 4.94. The minimum absolute atomic E-state index is 0.113. The summed E-state index contributed by atoms with van der Waals surface area (Å²) in [5.74, 6) is -1.59. The number of carbonyl (C=O) groups excluding carboxylic acids is 1. The second kappa shape index (κ2) is 5.98. The highest BCUT2D eigenvalue weighted by Crippen LogP contribution is 2.26. The predicted molar refractivity (Wildman–Crippen MR) is 70.6 cm³/mol. The molecule has 5 nitrogen and oxygen atoms in total. The van der Waals surface area contributed by atoms with Crippen LogP contribution in [-0.2, 0) is 14.8 Å². The van der Waals surface area contributed by atoms with E-state index in [4.69, 9.17) is 9.88 Å². The lowest BCUT2D eigenvalue weighted by Crippen LogP contribution is -2.16. The molecule has 0 bridgehead atoms. The Bertz CT molecular complexity index is 601. The number of primary sulfonamides is 1. The first kappa shape index (κ1) is 16.1. The van der Waals surface area contributed by atoms with Gasteiger partial charge in [-0.05, 0) is 34.0 Å². The van der Waals surface area contributed by atoms with E-state index in [9.17, 15) is 17.6 Å². The highest BCUT2D eigenvalue weighted by molar-refractivity contribution is 9.10. The molecule has 0 heterocycles. The Morgan fingerprint density at radius 1 is 1.47 bits per heavy atom. The first-order valence-corrected chi connectivity index (χ1v) is 7.66. The number of benzene rings is 1. The maximum Gasteiger partial charge on any atom is 0.338 e. The number of nitrogens with two attached hydrogens (primary N) is 1. The molecule has 0 amide bonds. The Hall–Kier alpha value is -0.990. The van der Waals surface area contributed by atoms with Crippen LogP contribution in [0.15, 0.2) is 21.5 Å². The molecule has 19 heavy (non-hydrogen) atoms. The van der Waals surface area contributed by atoms with E-state index >= 15 is 0 Å². The average molecular weight is 354 g/mol. The summed E-state index contributed by atoms with van der Waals surface area (Å²) >= 11 is 2.78. The van der Waals surface area contributed by atoms with Gasteiger partial charge in [0.25, 0.3) is 0 Å². The molecule has 0 aromatic heterocycles. The number of sulfonamides is 1. The second-order valence-corrected chi connectivity index (χ2v) is 6.63. The Kier molecular flexibility index (Phi) is 5.05. The molecule has 0 fully saturated rings. The summed E-state index contributed by atoms with van der Waals surface area (Å²) in [6.45, 7) is 3.83. The van der Waals surface area contributed by atoms with E-state index in [1.54, 1.807) is 0 Å². The normalized spacial score (nSPS) is 11.7. The van der Waals surface area contributed by atoms with Gasteiger partial charge in [-0.2, -0.15) is 0 Å². The summed E-state index contributed by atoms with van der Waals surface area (Å²) in [6.07, 6.45) is 0. The van der Waals surface area contributed by atoms with Crippen molar-refractivity contribution in [3.63, 3.8) is 0 Å². The maximum atomic E-state index is 13.6. The highest BCUT2D eigenvalue weighted by atomic mass is 79.9. The minimum Gasteiger partial charge on any atom is -0.462 e. The van der Waals surface area contributed by atoms with Crippen LogP contribution in [0.2, 0.25) is 0 Å². The van der Waals surface area contributed by atoms with Gasteiger partial charge in [-0.3, -0.25) is 0 Å². The second-order valence-electron chi connectivity index (χ2n) is 4.31. The molecule has 0 unspecified atom stereocenters. The molecule has 106 valence electrons. The van der Waals surface area contributed by atoms with Crippen molar-refractivity contribution in [3.05, 3.63) is 28.0 Å². The summed E-state index contributed by atoms with van der Waals surface area (Å²) in [5.41, 5.74) is -0.203. The Morgan fingerprint density at radius 3 is 2.53 bits per heavy atom. The van der Waals surface area contributed by atoms with E-state index in [0.717, 1.165) is 12.1 Å². The number of esters is 1. The fourth-order valence-electron chi connectivity index (χ4n) is 1.21. The zero-order chi connectivity index (χ0) is 14.8. The van der Waals surface area contributed by atoms with Crippen LogP contribution < -0.4 is 5.14 Å². The van der Waals surface area contributed by atoms with Gasteiger partial charge in [-0.25, -0.2) is 22.7 Å².